The third kappa shape index (κ3) is 3.11. The monoisotopic (exact) mass is 362 g/mol. The van der Waals surface area contributed by atoms with E-state index in [2.05, 4.69) is 58.5 Å². The van der Waals surface area contributed by atoms with Gasteiger partial charge < -0.3 is 0 Å². The first-order valence-electron chi connectivity index (χ1n) is 9.93. The maximum Gasteiger partial charge on any atom is 0.0347 e. The SMILES string of the molecule is C1=CC2=C(CC1)CCc1c2ccc2ccccc12.c1cc2cnccc2cn1. The van der Waals surface area contributed by atoms with Crippen LogP contribution in [0.4, 0.5) is 0 Å². The standard InChI is InChI=1S/C18H16.C8H6N2/c1-3-7-15-13(5-1)9-11-18-16-8-4-2-6-14(16)10-12-17(15)18;1-3-9-6-8-2-4-10-5-7(1)8/h1,3-5,7-9,11H,2,6,10,12H2;1-6H. The minimum atomic E-state index is 1.14. The maximum atomic E-state index is 3.99. The number of pyridine rings is 2. The minimum Gasteiger partial charge on any atom is -0.264 e. The zero-order chi connectivity index (χ0) is 18.8. The Kier molecular flexibility index (Phi) is 4.46. The van der Waals surface area contributed by atoms with E-state index in [9.17, 15) is 0 Å². The van der Waals surface area contributed by atoms with E-state index < -0.39 is 0 Å². The van der Waals surface area contributed by atoms with Crippen molar-refractivity contribution in [2.24, 2.45) is 0 Å². The average molecular weight is 362 g/mol. The molecule has 28 heavy (non-hydrogen) atoms. The largest absolute Gasteiger partial charge is 0.264 e. The molecule has 0 bridgehead atoms. The Morgan fingerprint density at radius 1 is 0.679 bits per heavy atom. The van der Waals surface area contributed by atoms with Gasteiger partial charge in [-0.05, 0) is 65.3 Å². The maximum absolute atomic E-state index is 3.99. The number of hydrogen-bond donors (Lipinski definition) is 0. The molecular weight excluding hydrogens is 340 g/mol. The van der Waals surface area contributed by atoms with Gasteiger partial charge in [0.1, 0.15) is 0 Å². The number of benzene rings is 2. The molecule has 0 radical (unpaired) electrons. The molecule has 0 unspecified atom stereocenters. The molecule has 2 aromatic carbocycles. The third-order valence-corrected chi connectivity index (χ3v) is 5.73. The Balaban J connectivity index is 0.000000145. The first-order valence-corrected chi connectivity index (χ1v) is 9.93. The molecular formula is C26H22N2. The van der Waals surface area contributed by atoms with Crippen LogP contribution in [-0.4, -0.2) is 9.97 Å². The Morgan fingerprint density at radius 2 is 1.46 bits per heavy atom. The Labute approximate surface area is 165 Å². The van der Waals surface area contributed by atoms with Crippen LogP contribution < -0.4 is 0 Å². The van der Waals surface area contributed by atoms with E-state index in [4.69, 9.17) is 0 Å². The Morgan fingerprint density at radius 3 is 2.29 bits per heavy atom. The molecule has 2 heterocycles. The van der Waals surface area contributed by atoms with Gasteiger partial charge >= 0.3 is 0 Å². The number of aryl methyl sites for hydroxylation is 1. The molecule has 0 spiro atoms. The second-order valence-corrected chi connectivity index (χ2v) is 7.37. The summed E-state index contributed by atoms with van der Waals surface area (Å²) in [5, 5.41) is 5.09. The quantitative estimate of drug-likeness (QED) is 0.356. The molecule has 0 fully saturated rings. The van der Waals surface area contributed by atoms with Crippen molar-refractivity contribution in [3.63, 3.8) is 0 Å². The number of aromatic nitrogens is 2. The summed E-state index contributed by atoms with van der Waals surface area (Å²) < 4.78 is 0. The Hall–Kier alpha value is -3.26. The average Bonchev–Trinajstić information content (AvgIpc) is 2.79. The summed E-state index contributed by atoms with van der Waals surface area (Å²) in [5.41, 5.74) is 6.21. The van der Waals surface area contributed by atoms with Gasteiger partial charge in [0.25, 0.3) is 0 Å². The molecule has 2 nitrogen and oxygen atoms in total. The fraction of sp³-hybridized carbons (Fsp3) is 0.154. The van der Waals surface area contributed by atoms with Gasteiger partial charge in [0.05, 0.1) is 0 Å². The lowest BCUT2D eigenvalue weighted by Crippen LogP contribution is -2.06. The van der Waals surface area contributed by atoms with E-state index in [0.29, 0.717) is 0 Å². The van der Waals surface area contributed by atoms with Gasteiger partial charge in [-0.1, -0.05) is 54.1 Å². The van der Waals surface area contributed by atoms with E-state index in [1.165, 1.54) is 47.6 Å². The van der Waals surface area contributed by atoms with Crippen LogP contribution in [0.2, 0.25) is 0 Å². The molecule has 2 aromatic heterocycles. The lowest BCUT2D eigenvalue weighted by atomic mass is 9.80. The second kappa shape index (κ2) is 7.40. The normalized spacial score (nSPS) is 15.0. The van der Waals surface area contributed by atoms with E-state index in [-0.39, 0.29) is 0 Å². The summed E-state index contributed by atoms with van der Waals surface area (Å²) in [6.45, 7) is 0. The highest BCUT2D eigenvalue weighted by molar-refractivity contribution is 5.93. The predicted octanol–water partition coefficient (Wildman–Crippen LogP) is 6.52. The van der Waals surface area contributed by atoms with Gasteiger partial charge in [0.2, 0.25) is 0 Å². The first-order chi connectivity index (χ1) is 13.9. The van der Waals surface area contributed by atoms with Crippen LogP contribution in [0.3, 0.4) is 0 Å². The molecule has 0 aliphatic heterocycles. The molecule has 0 amide bonds. The number of allylic oxidation sites excluding steroid dienone is 4. The molecule has 136 valence electrons. The number of hydrogen-bond acceptors (Lipinski definition) is 2. The summed E-state index contributed by atoms with van der Waals surface area (Å²) in [5.74, 6) is 0. The van der Waals surface area contributed by atoms with Gasteiger partial charge in [-0.2, -0.15) is 0 Å². The summed E-state index contributed by atoms with van der Waals surface area (Å²) in [6, 6.07) is 17.3. The molecule has 0 N–H and O–H groups in total. The highest BCUT2D eigenvalue weighted by atomic mass is 14.6. The van der Waals surface area contributed by atoms with E-state index in [0.717, 1.165) is 10.8 Å². The Bertz CT molecular complexity index is 1150. The van der Waals surface area contributed by atoms with Crippen molar-refractivity contribution in [3.05, 3.63) is 102 Å². The smallest absolute Gasteiger partial charge is 0.0347 e. The molecule has 6 rings (SSSR count). The van der Waals surface area contributed by atoms with E-state index >= 15 is 0 Å². The second-order valence-electron chi connectivity index (χ2n) is 7.37. The summed E-state index contributed by atoms with van der Waals surface area (Å²) in [6.07, 6.45) is 16.8. The predicted molar refractivity (Wildman–Crippen MR) is 117 cm³/mol. The van der Waals surface area contributed by atoms with Crippen molar-refractivity contribution < 1.29 is 0 Å². The van der Waals surface area contributed by atoms with E-state index in [1.807, 2.05) is 24.5 Å². The molecule has 2 aliphatic rings. The fourth-order valence-corrected chi connectivity index (χ4v) is 4.31. The molecule has 0 atom stereocenters. The topological polar surface area (TPSA) is 25.8 Å². The van der Waals surface area contributed by atoms with Gasteiger partial charge in [0.15, 0.2) is 0 Å². The third-order valence-electron chi connectivity index (χ3n) is 5.73. The summed E-state index contributed by atoms with van der Waals surface area (Å²) >= 11 is 0. The first kappa shape index (κ1) is 16.9. The molecule has 2 heteroatoms. The van der Waals surface area contributed by atoms with Crippen LogP contribution >= 0.6 is 0 Å². The number of fused-ring (bicyclic) bond motifs is 5. The lowest BCUT2D eigenvalue weighted by molar-refractivity contribution is 0.831. The molecule has 0 saturated carbocycles. The minimum absolute atomic E-state index is 1.14. The van der Waals surface area contributed by atoms with Crippen LogP contribution in [0.15, 0.2) is 91.0 Å². The number of nitrogens with zero attached hydrogens (tertiary/aromatic N) is 2. The van der Waals surface area contributed by atoms with Crippen LogP contribution in [0.5, 0.6) is 0 Å². The summed E-state index contributed by atoms with van der Waals surface area (Å²) in [7, 11) is 0. The van der Waals surface area contributed by atoms with Gasteiger partial charge in [0, 0.05) is 35.6 Å². The van der Waals surface area contributed by atoms with Crippen molar-refractivity contribution in [1.82, 2.24) is 9.97 Å². The lowest BCUT2D eigenvalue weighted by Gasteiger charge is -2.25. The van der Waals surface area contributed by atoms with Crippen molar-refractivity contribution in [2.45, 2.75) is 25.7 Å². The van der Waals surface area contributed by atoms with Crippen molar-refractivity contribution in [2.75, 3.05) is 0 Å². The summed E-state index contributed by atoms with van der Waals surface area (Å²) in [4.78, 5) is 7.97. The molecule has 2 aliphatic carbocycles. The highest BCUT2D eigenvalue weighted by Gasteiger charge is 2.20. The van der Waals surface area contributed by atoms with Gasteiger partial charge in [-0.25, -0.2) is 0 Å². The van der Waals surface area contributed by atoms with Gasteiger partial charge in [-0.15, -0.1) is 0 Å². The van der Waals surface area contributed by atoms with Crippen LogP contribution in [-0.2, 0) is 6.42 Å². The van der Waals surface area contributed by atoms with Crippen molar-refractivity contribution in [1.29, 1.82) is 0 Å². The number of rotatable bonds is 0. The van der Waals surface area contributed by atoms with Gasteiger partial charge in [-0.3, -0.25) is 9.97 Å². The molecule has 4 aromatic rings. The molecule has 0 saturated heterocycles. The van der Waals surface area contributed by atoms with Crippen LogP contribution in [0, 0.1) is 0 Å². The van der Waals surface area contributed by atoms with Crippen LogP contribution in [0.1, 0.15) is 30.4 Å². The van der Waals surface area contributed by atoms with Crippen molar-refractivity contribution >= 4 is 27.1 Å². The van der Waals surface area contributed by atoms with Crippen molar-refractivity contribution in [3.8, 4) is 0 Å². The van der Waals surface area contributed by atoms with Crippen LogP contribution in [0.25, 0.3) is 27.1 Å². The zero-order valence-corrected chi connectivity index (χ0v) is 15.8. The zero-order valence-electron chi connectivity index (χ0n) is 15.8. The highest BCUT2D eigenvalue weighted by Crippen LogP contribution is 2.39. The van der Waals surface area contributed by atoms with E-state index in [1.54, 1.807) is 23.5 Å². The fourth-order valence-electron chi connectivity index (χ4n) is 4.31.